The zero-order chi connectivity index (χ0) is 25.2. The normalized spacial score (nSPS) is 26.5. The Labute approximate surface area is 224 Å². The first-order chi connectivity index (χ1) is 16.0. The third-order valence-electron chi connectivity index (χ3n) is 8.43. The summed E-state index contributed by atoms with van der Waals surface area (Å²) < 4.78 is 16.7. The molecule has 5 nitrogen and oxygen atoms in total. The number of aliphatic hydroxyl groups excluding tert-OH is 1. The van der Waals surface area contributed by atoms with Crippen LogP contribution in [0.15, 0.2) is 0 Å². The predicted octanol–water partition coefficient (Wildman–Crippen LogP) is 7.82. The maximum absolute atomic E-state index is 11.6. The summed E-state index contributed by atoms with van der Waals surface area (Å²) >= 11 is 0. The minimum Gasteiger partial charge on any atom is -0.463 e. The van der Waals surface area contributed by atoms with Gasteiger partial charge in [-0.15, -0.1) is 0 Å². The van der Waals surface area contributed by atoms with Crippen molar-refractivity contribution in [1.29, 1.82) is 0 Å². The summed E-state index contributed by atoms with van der Waals surface area (Å²) in [5.74, 6) is 1.49. The van der Waals surface area contributed by atoms with E-state index in [-0.39, 0.29) is 39.5 Å². The maximum atomic E-state index is 11.6. The number of aliphatic hydroxyl groups is 1. The van der Waals surface area contributed by atoms with Crippen LogP contribution >= 0.6 is 0 Å². The van der Waals surface area contributed by atoms with E-state index in [0.29, 0.717) is 48.6 Å². The molecule has 4 unspecified atom stereocenters. The van der Waals surface area contributed by atoms with Gasteiger partial charge in [0.05, 0.1) is 37.9 Å². The van der Waals surface area contributed by atoms with Gasteiger partial charge in [0, 0.05) is 0 Å². The molecule has 0 saturated heterocycles. The highest BCUT2D eigenvalue weighted by molar-refractivity contribution is 5.73. The molecule has 1 N–H and O–H groups in total. The van der Waals surface area contributed by atoms with E-state index < -0.39 is 0 Å². The molecule has 0 bridgehead atoms. The molecule has 0 aliphatic heterocycles. The van der Waals surface area contributed by atoms with Crippen molar-refractivity contribution < 1.29 is 24.1 Å². The zero-order valence-electron chi connectivity index (χ0n) is 23.1. The third kappa shape index (κ3) is 12.7. The van der Waals surface area contributed by atoms with Crippen LogP contribution in [-0.4, -0.2) is 49.7 Å². The molecule has 0 amide bonds. The zero-order valence-corrected chi connectivity index (χ0v) is 23.1. The Morgan fingerprint density at radius 2 is 1.25 bits per heavy atom. The lowest BCUT2D eigenvalue weighted by molar-refractivity contribution is -0.154. The monoisotopic (exact) mass is 514 g/mol. The highest BCUT2D eigenvalue weighted by Crippen LogP contribution is 2.41. The van der Waals surface area contributed by atoms with Crippen LogP contribution in [0.3, 0.4) is 0 Å². The Morgan fingerprint density at radius 1 is 0.778 bits per heavy atom. The summed E-state index contributed by atoms with van der Waals surface area (Å²) in [5, 5.41) is 8.69. The van der Waals surface area contributed by atoms with Crippen molar-refractivity contribution in [2.45, 2.75) is 139 Å². The Morgan fingerprint density at radius 3 is 1.64 bits per heavy atom. The highest BCUT2D eigenvalue weighted by Gasteiger charge is 2.32. The average molecular weight is 515 g/mol. The molecule has 0 radical (unpaired) electrons. The molecule has 3 saturated carbocycles. The molecular formula is C31H62O5. The molecule has 0 spiro atoms. The number of rotatable bonds is 10. The van der Waals surface area contributed by atoms with Crippen molar-refractivity contribution in [2.24, 2.45) is 28.6 Å². The Kier molecular flexibility index (Phi) is 16.7. The number of hydrogen-bond acceptors (Lipinski definition) is 5. The number of hydrogen-bond donors (Lipinski definition) is 1. The van der Waals surface area contributed by atoms with E-state index in [1.54, 1.807) is 0 Å². The standard InChI is InChI=1S/C17H30O3.C12H24O2.2CH4/c1-13(15-8-5-9-17(2,3)12-15)19-10-11-20-16(18)14-6-4-7-14;1-10(14-8-7-13)11-5-4-6-12(2,3)9-11;;/h13-15H,4-12H2,1-3H3;10-11,13H,4-9H2,1-3H3;2*1H4. The first-order valence-electron chi connectivity index (χ1n) is 14.0. The second kappa shape index (κ2) is 17.0. The van der Waals surface area contributed by atoms with Crippen molar-refractivity contribution in [3.63, 3.8) is 0 Å². The third-order valence-corrected chi connectivity index (χ3v) is 8.43. The van der Waals surface area contributed by atoms with E-state index in [0.717, 1.165) is 12.8 Å². The lowest BCUT2D eigenvalue weighted by Crippen LogP contribution is -2.32. The lowest BCUT2D eigenvalue weighted by atomic mass is 9.71. The van der Waals surface area contributed by atoms with Crippen LogP contribution in [0.4, 0.5) is 0 Å². The molecule has 3 rings (SSSR count). The smallest absolute Gasteiger partial charge is 0.309 e. The van der Waals surface area contributed by atoms with Gasteiger partial charge in [0.1, 0.15) is 6.61 Å². The Balaban J connectivity index is 0.000000682. The molecular weight excluding hydrogens is 452 g/mol. The molecule has 3 aliphatic rings. The molecule has 4 atom stereocenters. The van der Waals surface area contributed by atoms with E-state index >= 15 is 0 Å². The minimum atomic E-state index is -0.0219. The van der Waals surface area contributed by atoms with E-state index in [2.05, 4.69) is 41.5 Å². The largest absolute Gasteiger partial charge is 0.463 e. The summed E-state index contributed by atoms with van der Waals surface area (Å²) in [5.41, 5.74) is 0.941. The van der Waals surface area contributed by atoms with E-state index in [1.165, 1.54) is 57.8 Å². The lowest BCUT2D eigenvalue weighted by Gasteiger charge is -2.37. The second-order valence-corrected chi connectivity index (χ2v) is 12.7. The van der Waals surface area contributed by atoms with E-state index in [9.17, 15) is 4.79 Å². The summed E-state index contributed by atoms with van der Waals surface area (Å²) in [4.78, 5) is 11.6. The van der Waals surface area contributed by atoms with Crippen LogP contribution in [0.5, 0.6) is 0 Å². The summed E-state index contributed by atoms with van der Waals surface area (Å²) in [6.07, 6.45) is 14.1. The van der Waals surface area contributed by atoms with Crippen LogP contribution in [0.25, 0.3) is 0 Å². The topological polar surface area (TPSA) is 65.0 Å². The fourth-order valence-electron chi connectivity index (χ4n) is 5.96. The molecule has 3 aliphatic carbocycles. The van der Waals surface area contributed by atoms with Gasteiger partial charge in [-0.2, -0.15) is 0 Å². The first-order valence-corrected chi connectivity index (χ1v) is 14.0. The predicted molar refractivity (Wildman–Crippen MR) is 151 cm³/mol. The molecule has 0 aromatic carbocycles. The fourth-order valence-corrected chi connectivity index (χ4v) is 5.96. The van der Waals surface area contributed by atoms with Gasteiger partial charge in [-0.25, -0.2) is 0 Å². The first kappa shape index (κ1) is 35.4. The molecule has 0 heterocycles. The molecule has 0 aromatic heterocycles. The molecule has 3 fully saturated rings. The second-order valence-electron chi connectivity index (χ2n) is 12.7. The highest BCUT2D eigenvalue weighted by atomic mass is 16.6. The van der Waals surface area contributed by atoms with Crippen molar-refractivity contribution in [3.8, 4) is 0 Å². The molecule has 5 heteroatoms. The van der Waals surface area contributed by atoms with Crippen molar-refractivity contribution in [1.82, 2.24) is 0 Å². The van der Waals surface area contributed by atoms with Crippen LogP contribution in [-0.2, 0) is 19.0 Å². The Hall–Kier alpha value is -0.650. The number of ether oxygens (including phenoxy) is 3. The van der Waals surface area contributed by atoms with Gasteiger partial charge >= 0.3 is 5.97 Å². The summed E-state index contributed by atoms with van der Waals surface area (Å²) in [6.45, 7) is 15.3. The van der Waals surface area contributed by atoms with Crippen LogP contribution in [0, 0.1) is 28.6 Å². The summed E-state index contributed by atoms with van der Waals surface area (Å²) in [6, 6.07) is 0. The van der Waals surface area contributed by atoms with Gasteiger partial charge in [0.15, 0.2) is 0 Å². The molecule has 36 heavy (non-hydrogen) atoms. The minimum absolute atomic E-state index is 0. The Bertz CT molecular complexity index is 584. The average Bonchev–Trinajstić information content (AvgIpc) is 2.72. The number of esters is 1. The molecule has 0 aromatic rings. The van der Waals surface area contributed by atoms with Crippen LogP contribution < -0.4 is 0 Å². The van der Waals surface area contributed by atoms with Gasteiger partial charge < -0.3 is 19.3 Å². The number of carbonyl (C=O) groups excluding carboxylic acids is 1. The van der Waals surface area contributed by atoms with Gasteiger partial charge in [-0.05, 0) is 87.9 Å². The fraction of sp³-hybridized carbons (Fsp3) is 0.968. The van der Waals surface area contributed by atoms with Crippen LogP contribution in [0.2, 0.25) is 0 Å². The van der Waals surface area contributed by atoms with Crippen LogP contribution in [0.1, 0.15) is 127 Å². The van der Waals surface area contributed by atoms with Gasteiger partial charge in [-0.1, -0.05) is 61.8 Å². The maximum Gasteiger partial charge on any atom is 0.309 e. The van der Waals surface area contributed by atoms with E-state index in [1.807, 2.05) is 0 Å². The van der Waals surface area contributed by atoms with Crippen molar-refractivity contribution >= 4 is 5.97 Å². The summed E-state index contributed by atoms with van der Waals surface area (Å²) in [7, 11) is 0. The van der Waals surface area contributed by atoms with E-state index in [4.69, 9.17) is 19.3 Å². The van der Waals surface area contributed by atoms with Gasteiger partial charge in [0.25, 0.3) is 0 Å². The van der Waals surface area contributed by atoms with Gasteiger partial charge in [-0.3, -0.25) is 4.79 Å². The van der Waals surface area contributed by atoms with Crippen molar-refractivity contribution in [3.05, 3.63) is 0 Å². The molecule has 216 valence electrons. The number of carbonyl (C=O) groups is 1. The van der Waals surface area contributed by atoms with Gasteiger partial charge in [0.2, 0.25) is 0 Å². The van der Waals surface area contributed by atoms with Crippen molar-refractivity contribution in [2.75, 3.05) is 26.4 Å². The quantitative estimate of drug-likeness (QED) is 0.238. The SMILES string of the molecule is C.C.CC(OCCO)C1CCCC(C)(C)C1.CC(OCCOC(=O)C1CCC1)C1CCCC(C)(C)C1.